The molecule has 0 atom stereocenters. The van der Waals surface area contributed by atoms with Crippen molar-refractivity contribution in [3.63, 3.8) is 0 Å². The second-order valence-corrected chi connectivity index (χ2v) is 15.3. The number of benzene rings is 9. The molecular formula is C54H34BN2O2. The summed E-state index contributed by atoms with van der Waals surface area (Å²) in [4.78, 5) is 0. The standard InChI is InChI=1S/C54H34BN2O2/c58-51-30-28-36(38-15-1-6-21-46(38)57-49-24-9-4-18-41(49)42-19-5-10-25-50(42)57)32-44(51)43-20-12-26-52-54(43)55-45-29-27-35(33-53(45)59-52)34-13-11-14-37(31-34)56-47-22-7-2-16-39(47)40-17-3-8-23-48(40)56/h1-33,58H. The Labute approximate surface area is 341 Å². The van der Waals surface area contributed by atoms with Crippen molar-refractivity contribution in [2.75, 3.05) is 0 Å². The quantitative estimate of drug-likeness (QED) is 0.178. The van der Waals surface area contributed by atoms with E-state index in [1.165, 1.54) is 32.6 Å². The Balaban J connectivity index is 0.908. The molecule has 4 nitrogen and oxygen atoms in total. The summed E-state index contributed by atoms with van der Waals surface area (Å²) in [6, 6.07) is 70.0. The minimum atomic E-state index is 0.217. The van der Waals surface area contributed by atoms with Crippen LogP contribution in [0.1, 0.15) is 0 Å². The summed E-state index contributed by atoms with van der Waals surface area (Å²) < 4.78 is 11.4. The van der Waals surface area contributed by atoms with Gasteiger partial charge >= 0.3 is 0 Å². The van der Waals surface area contributed by atoms with Gasteiger partial charge in [-0.2, -0.15) is 0 Å². The Morgan fingerprint density at radius 2 is 0.949 bits per heavy atom. The Morgan fingerprint density at radius 3 is 1.64 bits per heavy atom. The molecule has 0 aliphatic carbocycles. The van der Waals surface area contributed by atoms with Gasteiger partial charge in [0.25, 0.3) is 0 Å². The van der Waals surface area contributed by atoms with Crippen LogP contribution in [0.2, 0.25) is 0 Å². The minimum Gasteiger partial charge on any atom is -0.507 e. The average Bonchev–Trinajstić information content (AvgIpc) is 3.81. The van der Waals surface area contributed by atoms with Gasteiger partial charge in [-0.1, -0.05) is 133 Å². The molecule has 1 aliphatic heterocycles. The van der Waals surface area contributed by atoms with Crippen LogP contribution in [0.25, 0.3) is 88.4 Å². The van der Waals surface area contributed by atoms with Gasteiger partial charge in [0.1, 0.15) is 17.2 Å². The average molecular weight is 754 g/mol. The van der Waals surface area contributed by atoms with Crippen molar-refractivity contribution >= 4 is 61.8 Å². The molecule has 59 heavy (non-hydrogen) atoms. The minimum absolute atomic E-state index is 0.217. The SMILES string of the molecule is Oc1ccc(-c2ccccc2-n2c3ccccc3c3ccccc32)cc1-c1cccc2c1[B]c1ccc(-c3cccc(-n4c5ccccc5c5ccccc54)c3)cc1O2. The van der Waals surface area contributed by atoms with Crippen molar-refractivity contribution < 1.29 is 9.84 Å². The third-order valence-electron chi connectivity index (χ3n) is 11.9. The van der Waals surface area contributed by atoms with Gasteiger partial charge in [0.05, 0.1) is 27.8 Å². The van der Waals surface area contributed by atoms with Crippen molar-refractivity contribution in [1.29, 1.82) is 0 Å². The van der Waals surface area contributed by atoms with Crippen LogP contribution in [0.5, 0.6) is 17.2 Å². The summed E-state index contributed by atoms with van der Waals surface area (Å²) in [5, 5.41) is 16.4. The summed E-state index contributed by atoms with van der Waals surface area (Å²) in [7, 11) is 2.18. The fraction of sp³-hybridized carbons (Fsp3) is 0. The third kappa shape index (κ3) is 5.25. The number of phenols is 1. The lowest BCUT2D eigenvalue weighted by atomic mass is 9.59. The molecular weight excluding hydrogens is 719 g/mol. The normalized spacial score (nSPS) is 12.1. The summed E-state index contributed by atoms with van der Waals surface area (Å²) in [6.45, 7) is 0. The number of ether oxygens (including phenoxy) is 1. The second kappa shape index (κ2) is 13.2. The van der Waals surface area contributed by atoms with E-state index in [1.807, 2.05) is 24.3 Å². The lowest BCUT2D eigenvalue weighted by Gasteiger charge is -2.24. The van der Waals surface area contributed by atoms with E-state index >= 15 is 0 Å². The number of fused-ring (bicyclic) bond motifs is 8. The summed E-state index contributed by atoms with van der Waals surface area (Å²) in [5.41, 5.74) is 14.7. The summed E-state index contributed by atoms with van der Waals surface area (Å²) >= 11 is 0. The van der Waals surface area contributed by atoms with Gasteiger partial charge in [0.15, 0.2) is 0 Å². The largest absolute Gasteiger partial charge is 0.507 e. The van der Waals surface area contributed by atoms with E-state index in [-0.39, 0.29) is 5.75 Å². The van der Waals surface area contributed by atoms with E-state index in [9.17, 15) is 5.11 Å². The predicted octanol–water partition coefficient (Wildman–Crippen LogP) is 12.3. The number of nitrogens with zero attached hydrogens (tertiary/aromatic N) is 2. The van der Waals surface area contributed by atoms with Crippen molar-refractivity contribution in [2.45, 2.75) is 0 Å². The van der Waals surface area contributed by atoms with Gasteiger partial charge < -0.3 is 19.0 Å². The molecule has 0 saturated carbocycles. The first-order chi connectivity index (χ1) is 29.2. The maximum Gasteiger partial charge on any atom is 0.202 e. The molecule has 0 fully saturated rings. The first kappa shape index (κ1) is 33.4. The molecule has 0 saturated heterocycles. The van der Waals surface area contributed by atoms with Gasteiger partial charge in [-0.05, 0) is 99.9 Å². The maximum atomic E-state index is 11.5. The number of aromatic nitrogens is 2. The highest BCUT2D eigenvalue weighted by Gasteiger charge is 2.24. The molecule has 275 valence electrons. The number of aromatic hydroxyl groups is 1. The van der Waals surface area contributed by atoms with Gasteiger partial charge in [-0.3, -0.25) is 0 Å². The molecule has 2 aromatic heterocycles. The van der Waals surface area contributed by atoms with E-state index in [4.69, 9.17) is 4.74 Å². The second-order valence-electron chi connectivity index (χ2n) is 15.3. The lowest BCUT2D eigenvalue weighted by molar-refractivity contribution is 0.477. The molecule has 3 heterocycles. The molecule has 1 N–H and O–H groups in total. The van der Waals surface area contributed by atoms with Crippen LogP contribution >= 0.6 is 0 Å². The topological polar surface area (TPSA) is 39.3 Å². The van der Waals surface area contributed by atoms with Crippen LogP contribution in [0.4, 0.5) is 0 Å². The molecule has 1 aliphatic rings. The van der Waals surface area contributed by atoms with E-state index in [0.29, 0.717) is 0 Å². The molecule has 5 heteroatoms. The Kier molecular flexibility index (Phi) is 7.44. The zero-order chi connectivity index (χ0) is 39.0. The van der Waals surface area contributed by atoms with Gasteiger partial charge in [0, 0.05) is 38.4 Å². The van der Waals surface area contributed by atoms with E-state index in [1.54, 1.807) is 0 Å². The molecule has 0 bridgehead atoms. The highest BCUT2D eigenvalue weighted by atomic mass is 16.5. The third-order valence-corrected chi connectivity index (χ3v) is 11.9. The van der Waals surface area contributed by atoms with E-state index in [0.717, 1.165) is 78.2 Å². The molecule has 9 aromatic carbocycles. The summed E-state index contributed by atoms with van der Waals surface area (Å²) in [6.07, 6.45) is 0. The predicted molar refractivity (Wildman–Crippen MR) is 245 cm³/mol. The molecule has 0 unspecified atom stereocenters. The van der Waals surface area contributed by atoms with Crippen molar-refractivity contribution in [3.05, 3.63) is 200 Å². The molecule has 0 amide bonds. The fourth-order valence-corrected chi connectivity index (χ4v) is 9.25. The van der Waals surface area contributed by atoms with E-state index in [2.05, 4.69) is 192 Å². The first-order valence-corrected chi connectivity index (χ1v) is 20.0. The Morgan fingerprint density at radius 1 is 0.390 bits per heavy atom. The number of rotatable bonds is 5. The molecule has 11 aromatic rings. The van der Waals surface area contributed by atoms with Crippen LogP contribution in [0.3, 0.4) is 0 Å². The smallest absolute Gasteiger partial charge is 0.202 e. The fourth-order valence-electron chi connectivity index (χ4n) is 9.25. The van der Waals surface area contributed by atoms with Crippen molar-refractivity contribution in [2.24, 2.45) is 0 Å². The highest BCUT2D eigenvalue weighted by Crippen LogP contribution is 2.40. The van der Waals surface area contributed by atoms with Crippen LogP contribution in [0, 0.1) is 0 Å². The maximum absolute atomic E-state index is 11.5. The van der Waals surface area contributed by atoms with Gasteiger partial charge in [-0.25, -0.2) is 0 Å². The van der Waals surface area contributed by atoms with E-state index < -0.39 is 0 Å². The van der Waals surface area contributed by atoms with Crippen LogP contribution < -0.4 is 15.7 Å². The zero-order valence-electron chi connectivity index (χ0n) is 31.9. The highest BCUT2D eigenvalue weighted by molar-refractivity contribution is 6.71. The number of hydrogen-bond donors (Lipinski definition) is 1. The lowest BCUT2D eigenvalue weighted by Crippen LogP contribution is -2.35. The molecule has 0 spiro atoms. The summed E-state index contributed by atoms with van der Waals surface area (Å²) in [5.74, 6) is 1.77. The van der Waals surface area contributed by atoms with Crippen LogP contribution in [0.15, 0.2) is 200 Å². The number of hydrogen-bond acceptors (Lipinski definition) is 2. The van der Waals surface area contributed by atoms with Crippen LogP contribution in [-0.4, -0.2) is 21.5 Å². The molecule has 12 rings (SSSR count). The van der Waals surface area contributed by atoms with Crippen molar-refractivity contribution in [3.8, 4) is 62.0 Å². The van der Waals surface area contributed by atoms with Crippen LogP contribution in [-0.2, 0) is 0 Å². The first-order valence-electron chi connectivity index (χ1n) is 20.0. The van der Waals surface area contributed by atoms with Crippen molar-refractivity contribution in [1.82, 2.24) is 9.13 Å². The molecule has 1 radical (unpaired) electrons. The van der Waals surface area contributed by atoms with Gasteiger partial charge in [0.2, 0.25) is 7.28 Å². The number of para-hydroxylation sites is 5. The number of phenolic OH excluding ortho intramolecular Hbond substituents is 1. The Hall–Kier alpha value is -7.76. The monoisotopic (exact) mass is 753 g/mol. The Bertz CT molecular complexity index is 3380. The zero-order valence-corrected chi connectivity index (χ0v) is 31.9. The van der Waals surface area contributed by atoms with Gasteiger partial charge in [-0.15, -0.1) is 0 Å².